The van der Waals surface area contributed by atoms with Crippen molar-refractivity contribution in [1.29, 1.82) is 0 Å². The molecule has 7 heteroatoms. The highest BCUT2D eigenvalue weighted by atomic mass is 79.9. The highest BCUT2D eigenvalue weighted by Gasteiger charge is 2.14. The molecule has 2 aromatic rings. The van der Waals surface area contributed by atoms with E-state index in [4.69, 9.17) is 10.3 Å². The number of benzene rings is 1. The molecule has 0 radical (unpaired) electrons. The molecule has 0 aliphatic carbocycles. The highest BCUT2D eigenvalue weighted by Crippen LogP contribution is 2.24. The maximum absolute atomic E-state index is 11.9. The molecule has 88 valence electrons. The molecule has 0 saturated heterocycles. The summed E-state index contributed by atoms with van der Waals surface area (Å²) in [6.45, 7) is 1.66. The number of hydrogen-bond acceptors (Lipinski definition) is 5. The van der Waals surface area contributed by atoms with E-state index in [0.29, 0.717) is 21.5 Å². The van der Waals surface area contributed by atoms with Crippen LogP contribution in [0.1, 0.15) is 16.2 Å². The van der Waals surface area contributed by atoms with E-state index in [-0.39, 0.29) is 11.9 Å². The second-order valence-electron chi connectivity index (χ2n) is 3.31. The van der Waals surface area contributed by atoms with E-state index in [9.17, 15) is 4.79 Å². The SMILES string of the molecule is Cc1noc(NC(=O)c2cccc(N)c2Br)n1. The Kier molecular flexibility index (Phi) is 3.10. The van der Waals surface area contributed by atoms with Gasteiger partial charge in [0.05, 0.1) is 10.0 Å². The number of anilines is 2. The molecule has 3 N–H and O–H groups in total. The molecule has 2 rings (SSSR count). The molecule has 0 aliphatic heterocycles. The van der Waals surface area contributed by atoms with E-state index in [0.717, 1.165) is 0 Å². The number of amides is 1. The molecule has 0 aliphatic rings. The van der Waals surface area contributed by atoms with Crippen LogP contribution in [0.3, 0.4) is 0 Å². The van der Waals surface area contributed by atoms with Crippen LogP contribution in [0.15, 0.2) is 27.2 Å². The molecule has 1 aromatic heterocycles. The molecular formula is C10H9BrN4O2. The fourth-order valence-corrected chi connectivity index (χ4v) is 1.68. The maximum Gasteiger partial charge on any atom is 0.328 e. The lowest BCUT2D eigenvalue weighted by Gasteiger charge is -2.05. The van der Waals surface area contributed by atoms with Gasteiger partial charge in [0.25, 0.3) is 5.91 Å². The third kappa shape index (κ3) is 2.44. The van der Waals surface area contributed by atoms with Crippen LogP contribution in [0.25, 0.3) is 0 Å². The van der Waals surface area contributed by atoms with Crippen molar-refractivity contribution in [2.45, 2.75) is 6.92 Å². The van der Waals surface area contributed by atoms with Crippen LogP contribution in [0.2, 0.25) is 0 Å². The Balaban J connectivity index is 2.23. The minimum atomic E-state index is -0.368. The van der Waals surface area contributed by atoms with Crippen LogP contribution in [-0.4, -0.2) is 16.0 Å². The number of halogens is 1. The minimum absolute atomic E-state index is 0.0572. The molecule has 1 amide bonds. The fourth-order valence-electron chi connectivity index (χ4n) is 1.24. The van der Waals surface area contributed by atoms with Crippen LogP contribution in [-0.2, 0) is 0 Å². The van der Waals surface area contributed by atoms with E-state index in [1.807, 2.05) is 0 Å². The van der Waals surface area contributed by atoms with Crippen LogP contribution in [0.5, 0.6) is 0 Å². The quantitative estimate of drug-likeness (QED) is 0.826. The van der Waals surface area contributed by atoms with Gasteiger partial charge < -0.3 is 10.3 Å². The van der Waals surface area contributed by atoms with Gasteiger partial charge in [0.1, 0.15) is 0 Å². The Labute approximate surface area is 105 Å². The van der Waals surface area contributed by atoms with Gasteiger partial charge in [-0.2, -0.15) is 4.98 Å². The van der Waals surface area contributed by atoms with Crippen molar-refractivity contribution in [1.82, 2.24) is 10.1 Å². The molecule has 1 aromatic carbocycles. The van der Waals surface area contributed by atoms with Crippen LogP contribution >= 0.6 is 15.9 Å². The predicted molar refractivity (Wildman–Crippen MR) is 65.5 cm³/mol. The van der Waals surface area contributed by atoms with Crippen molar-refractivity contribution < 1.29 is 9.32 Å². The van der Waals surface area contributed by atoms with Gasteiger partial charge in [0.15, 0.2) is 5.82 Å². The van der Waals surface area contributed by atoms with E-state index in [1.54, 1.807) is 25.1 Å². The van der Waals surface area contributed by atoms with E-state index < -0.39 is 0 Å². The largest absolute Gasteiger partial charge is 0.398 e. The highest BCUT2D eigenvalue weighted by molar-refractivity contribution is 9.10. The summed E-state index contributed by atoms with van der Waals surface area (Å²) in [5.74, 6) is 0.0831. The Morgan fingerprint density at radius 2 is 2.29 bits per heavy atom. The second kappa shape index (κ2) is 4.54. The first-order valence-corrected chi connectivity index (χ1v) is 5.53. The van der Waals surface area contributed by atoms with Gasteiger partial charge in [-0.05, 0) is 35.0 Å². The van der Waals surface area contributed by atoms with Gasteiger partial charge >= 0.3 is 6.01 Å². The van der Waals surface area contributed by atoms with Crippen molar-refractivity contribution in [3.8, 4) is 0 Å². The molecule has 0 atom stereocenters. The molecule has 17 heavy (non-hydrogen) atoms. The average molecular weight is 297 g/mol. The topological polar surface area (TPSA) is 94.0 Å². The van der Waals surface area contributed by atoms with Crippen molar-refractivity contribution >= 4 is 33.5 Å². The number of carbonyl (C=O) groups excluding carboxylic acids is 1. The number of aromatic nitrogens is 2. The number of aryl methyl sites for hydroxylation is 1. The van der Waals surface area contributed by atoms with Crippen LogP contribution < -0.4 is 11.1 Å². The minimum Gasteiger partial charge on any atom is -0.398 e. The van der Waals surface area contributed by atoms with Gasteiger partial charge in [-0.15, -0.1) is 0 Å². The molecule has 0 fully saturated rings. The monoisotopic (exact) mass is 296 g/mol. The fraction of sp³-hybridized carbons (Fsp3) is 0.100. The first kappa shape index (κ1) is 11.6. The first-order valence-electron chi connectivity index (χ1n) is 4.73. The summed E-state index contributed by atoms with van der Waals surface area (Å²) in [6.07, 6.45) is 0. The smallest absolute Gasteiger partial charge is 0.328 e. The molecular weight excluding hydrogens is 288 g/mol. The Bertz CT molecular complexity index is 567. The third-order valence-electron chi connectivity index (χ3n) is 2.02. The van der Waals surface area contributed by atoms with Crippen molar-refractivity contribution in [3.63, 3.8) is 0 Å². The van der Waals surface area contributed by atoms with Crippen molar-refractivity contribution in [2.24, 2.45) is 0 Å². The Morgan fingerprint density at radius 3 is 2.94 bits per heavy atom. The Hall–Kier alpha value is -1.89. The summed E-state index contributed by atoms with van der Waals surface area (Å²) in [4.78, 5) is 15.7. The third-order valence-corrected chi connectivity index (χ3v) is 2.91. The van der Waals surface area contributed by atoms with Crippen LogP contribution in [0.4, 0.5) is 11.7 Å². The van der Waals surface area contributed by atoms with Gasteiger partial charge in [0, 0.05) is 5.69 Å². The average Bonchev–Trinajstić information content (AvgIpc) is 2.68. The number of hydrogen-bond donors (Lipinski definition) is 2. The lowest BCUT2D eigenvalue weighted by atomic mass is 10.2. The number of nitrogens with one attached hydrogen (secondary N) is 1. The summed E-state index contributed by atoms with van der Waals surface area (Å²) in [5.41, 5.74) is 6.57. The van der Waals surface area contributed by atoms with E-state index >= 15 is 0 Å². The molecule has 0 spiro atoms. The van der Waals surface area contributed by atoms with Crippen LogP contribution in [0, 0.1) is 6.92 Å². The van der Waals surface area contributed by atoms with E-state index in [2.05, 4.69) is 31.4 Å². The normalized spacial score (nSPS) is 10.2. The molecule has 0 unspecified atom stereocenters. The molecule has 0 bridgehead atoms. The molecule has 1 heterocycles. The summed E-state index contributed by atoms with van der Waals surface area (Å²) in [5, 5.41) is 6.05. The zero-order valence-electron chi connectivity index (χ0n) is 8.90. The van der Waals surface area contributed by atoms with E-state index in [1.165, 1.54) is 0 Å². The predicted octanol–water partition coefficient (Wildman–Crippen LogP) is 1.98. The zero-order valence-corrected chi connectivity index (χ0v) is 10.5. The number of carbonyl (C=O) groups is 1. The number of nitrogens with zero attached hydrogens (tertiary/aromatic N) is 2. The van der Waals surface area contributed by atoms with Gasteiger partial charge in [-0.3, -0.25) is 10.1 Å². The Morgan fingerprint density at radius 1 is 1.53 bits per heavy atom. The maximum atomic E-state index is 11.9. The van der Waals surface area contributed by atoms with Gasteiger partial charge in [0.2, 0.25) is 0 Å². The second-order valence-corrected chi connectivity index (χ2v) is 4.10. The lowest BCUT2D eigenvalue weighted by molar-refractivity contribution is 0.102. The number of nitrogen functional groups attached to an aromatic ring is 1. The van der Waals surface area contributed by atoms with Gasteiger partial charge in [-0.1, -0.05) is 11.2 Å². The molecule has 0 saturated carbocycles. The summed E-state index contributed by atoms with van der Waals surface area (Å²) in [6, 6.07) is 5.08. The summed E-state index contributed by atoms with van der Waals surface area (Å²) < 4.78 is 5.32. The molecule has 6 nitrogen and oxygen atoms in total. The number of rotatable bonds is 2. The van der Waals surface area contributed by atoms with Crippen molar-refractivity contribution in [2.75, 3.05) is 11.1 Å². The lowest BCUT2D eigenvalue weighted by Crippen LogP contribution is -2.13. The van der Waals surface area contributed by atoms with Gasteiger partial charge in [-0.25, -0.2) is 0 Å². The van der Waals surface area contributed by atoms with Crippen molar-refractivity contribution in [3.05, 3.63) is 34.1 Å². The first-order chi connectivity index (χ1) is 8.08. The summed E-state index contributed by atoms with van der Waals surface area (Å²) >= 11 is 3.25. The zero-order chi connectivity index (χ0) is 12.4. The number of nitrogens with two attached hydrogens (primary N) is 1. The standard InChI is InChI=1S/C10H9BrN4O2/c1-5-13-10(17-15-5)14-9(16)6-3-2-4-7(12)8(6)11/h2-4H,12H2,1H3,(H,13,14,15,16). The summed E-state index contributed by atoms with van der Waals surface area (Å²) in [7, 11) is 0.